The smallest absolute Gasteiger partial charge is 0.315 e. The molecular formula is C19H33N5O. The van der Waals surface area contributed by atoms with Crippen LogP contribution in [0.15, 0.2) is 0 Å². The number of urea groups is 1. The van der Waals surface area contributed by atoms with Crippen molar-refractivity contribution >= 4 is 6.03 Å². The zero-order chi connectivity index (χ0) is 17.5. The molecule has 0 radical (unpaired) electrons. The predicted molar refractivity (Wildman–Crippen MR) is 98.5 cm³/mol. The molecule has 1 aliphatic heterocycles. The normalized spacial score (nSPS) is 24.0. The lowest BCUT2D eigenvalue weighted by Gasteiger charge is -2.17. The molecule has 0 saturated heterocycles. The molecule has 140 valence electrons. The van der Waals surface area contributed by atoms with Crippen molar-refractivity contribution in [2.75, 3.05) is 6.54 Å². The van der Waals surface area contributed by atoms with Crippen LogP contribution in [0.3, 0.4) is 0 Å². The Morgan fingerprint density at radius 1 is 1.12 bits per heavy atom. The van der Waals surface area contributed by atoms with Gasteiger partial charge in [0.2, 0.25) is 0 Å². The van der Waals surface area contributed by atoms with E-state index in [-0.39, 0.29) is 6.03 Å². The average molecular weight is 348 g/mol. The highest BCUT2D eigenvalue weighted by Gasteiger charge is 2.18. The van der Waals surface area contributed by atoms with Gasteiger partial charge in [-0.15, -0.1) is 10.2 Å². The molecule has 2 aliphatic rings. The molecule has 0 spiro atoms. The fraction of sp³-hybridized carbons (Fsp3) is 0.842. The van der Waals surface area contributed by atoms with E-state index in [9.17, 15) is 4.79 Å². The minimum atomic E-state index is -0.0142. The molecule has 1 aliphatic carbocycles. The summed E-state index contributed by atoms with van der Waals surface area (Å²) in [5, 5.41) is 14.8. The quantitative estimate of drug-likeness (QED) is 0.634. The van der Waals surface area contributed by atoms with Crippen LogP contribution in [0.2, 0.25) is 0 Å². The number of carbonyl (C=O) groups is 1. The summed E-state index contributed by atoms with van der Waals surface area (Å²) in [5.41, 5.74) is 0. The molecule has 1 aromatic rings. The van der Waals surface area contributed by atoms with Crippen LogP contribution >= 0.6 is 0 Å². The number of nitrogens with one attached hydrogen (secondary N) is 2. The minimum absolute atomic E-state index is 0.0142. The topological polar surface area (TPSA) is 71.8 Å². The van der Waals surface area contributed by atoms with Gasteiger partial charge in [-0.25, -0.2) is 4.79 Å². The molecule has 0 aromatic carbocycles. The predicted octanol–water partition coefficient (Wildman–Crippen LogP) is 3.21. The Balaban J connectivity index is 1.36. The maximum absolute atomic E-state index is 12.1. The van der Waals surface area contributed by atoms with Crippen LogP contribution in [0.25, 0.3) is 0 Å². The number of hydrogen-bond donors (Lipinski definition) is 2. The van der Waals surface area contributed by atoms with E-state index in [1.165, 1.54) is 38.5 Å². The first kappa shape index (κ1) is 18.2. The number of aryl methyl sites for hydroxylation is 2. The minimum Gasteiger partial charge on any atom is -0.338 e. The van der Waals surface area contributed by atoms with Gasteiger partial charge in [-0.1, -0.05) is 26.2 Å². The lowest BCUT2D eigenvalue weighted by molar-refractivity contribution is 0.235. The molecule has 6 heteroatoms. The summed E-state index contributed by atoms with van der Waals surface area (Å²) in [6.45, 7) is 4.05. The highest BCUT2D eigenvalue weighted by molar-refractivity contribution is 5.74. The maximum Gasteiger partial charge on any atom is 0.315 e. The van der Waals surface area contributed by atoms with E-state index in [0.717, 1.165) is 56.2 Å². The summed E-state index contributed by atoms with van der Waals surface area (Å²) in [4.78, 5) is 12.1. The Morgan fingerprint density at radius 3 is 2.96 bits per heavy atom. The largest absolute Gasteiger partial charge is 0.338 e. The van der Waals surface area contributed by atoms with Gasteiger partial charge >= 0.3 is 6.03 Å². The summed E-state index contributed by atoms with van der Waals surface area (Å²) in [6, 6.07) is 0.330. The SMILES string of the molecule is C[C@H]1CCC[C@@H](NC(=O)NCCCc2nnc3n2CCCCC3)CC1. The summed E-state index contributed by atoms with van der Waals surface area (Å²) in [5.74, 6) is 3.02. The van der Waals surface area contributed by atoms with E-state index in [2.05, 4.69) is 32.3 Å². The number of aromatic nitrogens is 3. The number of fused-ring (bicyclic) bond motifs is 1. The number of nitrogens with zero attached hydrogens (tertiary/aromatic N) is 3. The van der Waals surface area contributed by atoms with Crippen molar-refractivity contribution in [2.24, 2.45) is 5.92 Å². The summed E-state index contributed by atoms with van der Waals surface area (Å²) >= 11 is 0. The van der Waals surface area contributed by atoms with Crippen LogP contribution in [-0.2, 0) is 19.4 Å². The molecule has 2 heterocycles. The van der Waals surface area contributed by atoms with Gasteiger partial charge in [-0.05, 0) is 44.4 Å². The zero-order valence-corrected chi connectivity index (χ0v) is 15.6. The summed E-state index contributed by atoms with van der Waals surface area (Å²) in [7, 11) is 0. The third-order valence-corrected chi connectivity index (χ3v) is 5.64. The Hall–Kier alpha value is -1.59. The lowest BCUT2D eigenvalue weighted by atomic mass is 10.0. The molecule has 1 aromatic heterocycles. The van der Waals surface area contributed by atoms with Crippen LogP contribution in [0.5, 0.6) is 0 Å². The fourth-order valence-corrected chi connectivity index (χ4v) is 4.05. The van der Waals surface area contributed by atoms with Crippen LogP contribution in [0.1, 0.15) is 76.4 Å². The monoisotopic (exact) mass is 347 g/mol. The lowest BCUT2D eigenvalue weighted by Crippen LogP contribution is -2.42. The van der Waals surface area contributed by atoms with Gasteiger partial charge in [-0.2, -0.15) is 0 Å². The zero-order valence-electron chi connectivity index (χ0n) is 15.6. The molecule has 2 atom stereocenters. The Morgan fingerprint density at radius 2 is 2.04 bits per heavy atom. The number of rotatable bonds is 5. The van der Waals surface area contributed by atoms with E-state index < -0.39 is 0 Å². The summed E-state index contributed by atoms with van der Waals surface area (Å²) < 4.78 is 2.29. The number of amides is 2. The standard InChI is InChI=1S/C19H33N5O/c1-15-7-5-8-16(12-11-15)21-19(25)20-13-6-10-18-23-22-17-9-3-2-4-14-24(17)18/h15-16H,2-14H2,1H3,(H2,20,21,25)/t15-,16+/m0/s1. The van der Waals surface area contributed by atoms with Crippen LogP contribution in [0, 0.1) is 5.92 Å². The second-order valence-corrected chi connectivity index (χ2v) is 7.81. The van der Waals surface area contributed by atoms with Gasteiger partial charge < -0.3 is 15.2 Å². The molecule has 2 amide bonds. The molecule has 0 unspecified atom stereocenters. The molecule has 6 nitrogen and oxygen atoms in total. The van der Waals surface area contributed by atoms with Crippen LogP contribution < -0.4 is 10.6 Å². The van der Waals surface area contributed by atoms with Gasteiger partial charge in [0.05, 0.1) is 0 Å². The third-order valence-electron chi connectivity index (χ3n) is 5.64. The molecule has 2 N–H and O–H groups in total. The van der Waals surface area contributed by atoms with Crippen molar-refractivity contribution in [1.82, 2.24) is 25.4 Å². The Kier molecular flexibility index (Phi) is 6.70. The number of hydrogen-bond acceptors (Lipinski definition) is 3. The van der Waals surface area contributed by atoms with Crippen molar-refractivity contribution in [3.05, 3.63) is 11.6 Å². The Labute approximate surface area is 151 Å². The first-order valence-electron chi connectivity index (χ1n) is 10.2. The summed E-state index contributed by atoms with van der Waals surface area (Å²) in [6.07, 6.45) is 12.5. The van der Waals surface area contributed by atoms with Crippen molar-refractivity contribution in [3.8, 4) is 0 Å². The van der Waals surface area contributed by atoms with Crippen molar-refractivity contribution in [3.63, 3.8) is 0 Å². The highest BCUT2D eigenvalue weighted by atomic mass is 16.2. The fourth-order valence-electron chi connectivity index (χ4n) is 4.05. The molecule has 0 bridgehead atoms. The molecule has 25 heavy (non-hydrogen) atoms. The second-order valence-electron chi connectivity index (χ2n) is 7.81. The van der Waals surface area contributed by atoms with E-state index >= 15 is 0 Å². The van der Waals surface area contributed by atoms with Gasteiger partial charge in [0.15, 0.2) is 0 Å². The van der Waals surface area contributed by atoms with Crippen molar-refractivity contribution in [1.29, 1.82) is 0 Å². The van der Waals surface area contributed by atoms with Gasteiger partial charge in [0, 0.05) is 32.0 Å². The maximum atomic E-state index is 12.1. The van der Waals surface area contributed by atoms with Gasteiger partial charge in [-0.3, -0.25) is 0 Å². The van der Waals surface area contributed by atoms with Gasteiger partial charge in [0.25, 0.3) is 0 Å². The van der Waals surface area contributed by atoms with Crippen LogP contribution in [-0.4, -0.2) is 33.4 Å². The van der Waals surface area contributed by atoms with E-state index in [4.69, 9.17) is 0 Å². The van der Waals surface area contributed by atoms with Gasteiger partial charge in [0.1, 0.15) is 11.6 Å². The molecule has 3 rings (SSSR count). The molecular weight excluding hydrogens is 314 g/mol. The van der Waals surface area contributed by atoms with E-state index in [0.29, 0.717) is 12.6 Å². The van der Waals surface area contributed by atoms with Crippen molar-refractivity contribution < 1.29 is 4.79 Å². The van der Waals surface area contributed by atoms with Crippen LogP contribution in [0.4, 0.5) is 4.79 Å². The van der Waals surface area contributed by atoms with Crippen molar-refractivity contribution in [2.45, 2.75) is 90.1 Å². The number of carbonyl (C=O) groups excluding carboxylic acids is 1. The first-order valence-corrected chi connectivity index (χ1v) is 10.2. The second kappa shape index (κ2) is 9.20. The molecule has 1 fully saturated rings. The molecule has 1 saturated carbocycles. The average Bonchev–Trinajstić information content (AvgIpc) is 2.77. The first-order chi connectivity index (χ1) is 12.2. The highest BCUT2D eigenvalue weighted by Crippen LogP contribution is 2.22. The van der Waals surface area contributed by atoms with E-state index in [1.54, 1.807) is 0 Å². The van der Waals surface area contributed by atoms with E-state index in [1.807, 2.05) is 0 Å². The Bertz CT molecular complexity index is 556. The third kappa shape index (κ3) is 5.44.